The minimum absolute atomic E-state index is 0.0560. The Labute approximate surface area is 164 Å². The second kappa shape index (κ2) is 9.83. The zero-order valence-electron chi connectivity index (χ0n) is 15.4. The Kier molecular flexibility index (Phi) is 6.94. The number of benzene rings is 3. The standard InChI is InChI=1S/C23H23NO2S/c1-26-22-13-12-19(16-20(22)17-27-21-10-6-3-7-11-21)23(25)24-15-14-18-8-4-2-5-9-18/h2-13,16H,14-15,17H2,1H3,(H,24,25). The van der Waals surface area contributed by atoms with Crippen molar-refractivity contribution in [1.82, 2.24) is 5.32 Å². The van der Waals surface area contributed by atoms with Crippen LogP contribution in [0.4, 0.5) is 0 Å². The lowest BCUT2D eigenvalue weighted by atomic mass is 10.1. The summed E-state index contributed by atoms with van der Waals surface area (Å²) in [6.45, 7) is 0.614. The van der Waals surface area contributed by atoms with E-state index in [1.165, 1.54) is 10.5 Å². The lowest BCUT2D eigenvalue weighted by Gasteiger charge is -2.11. The summed E-state index contributed by atoms with van der Waals surface area (Å²) in [6, 6.07) is 26.0. The molecule has 3 aromatic rings. The van der Waals surface area contributed by atoms with Crippen LogP contribution in [0.2, 0.25) is 0 Å². The summed E-state index contributed by atoms with van der Waals surface area (Å²) < 4.78 is 5.46. The van der Waals surface area contributed by atoms with Crippen molar-refractivity contribution in [3.05, 3.63) is 95.6 Å². The Hall–Kier alpha value is -2.72. The lowest BCUT2D eigenvalue weighted by molar-refractivity contribution is 0.0954. The summed E-state index contributed by atoms with van der Waals surface area (Å²) in [6.07, 6.45) is 0.819. The first-order valence-corrected chi connectivity index (χ1v) is 9.91. The molecule has 0 aliphatic heterocycles. The number of nitrogens with one attached hydrogen (secondary N) is 1. The highest BCUT2D eigenvalue weighted by Crippen LogP contribution is 2.28. The zero-order chi connectivity index (χ0) is 18.9. The third kappa shape index (κ3) is 5.63. The van der Waals surface area contributed by atoms with Crippen LogP contribution < -0.4 is 10.1 Å². The summed E-state index contributed by atoms with van der Waals surface area (Å²) in [4.78, 5) is 13.7. The second-order valence-electron chi connectivity index (χ2n) is 6.12. The van der Waals surface area contributed by atoms with Gasteiger partial charge in [-0.3, -0.25) is 4.79 Å². The van der Waals surface area contributed by atoms with Crippen molar-refractivity contribution in [3.8, 4) is 5.75 Å². The maximum atomic E-state index is 12.5. The van der Waals surface area contributed by atoms with Crippen molar-refractivity contribution in [1.29, 1.82) is 0 Å². The molecule has 0 fully saturated rings. The molecule has 0 aromatic heterocycles. The van der Waals surface area contributed by atoms with Gasteiger partial charge in [0, 0.05) is 28.3 Å². The maximum Gasteiger partial charge on any atom is 0.251 e. The van der Waals surface area contributed by atoms with Gasteiger partial charge in [0.1, 0.15) is 5.75 Å². The summed E-state index contributed by atoms with van der Waals surface area (Å²) in [5, 5.41) is 3.00. The Bertz CT molecular complexity index is 866. The van der Waals surface area contributed by atoms with E-state index < -0.39 is 0 Å². The van der Waals surface area contributed by atoms with E-state index in [4.69, 9.17) is 4.74 Å². The van der Waals surface area contributed by atoms with Crippen molar-refractivity contribution in [2.45, 2.75) is 17.1 Å². The fraction of sp³-hybridized carbons (Fsp3) is 0.174. The molecule has 0 saturated carbocycles. The summed E-state index contributed by atoms with van der Waals surface area (Å²) >= 11 is 1.73. The number of hydrogen-bond donors (Lipinski definition) is 1. The van der Waals surface area contributed by atoms with Gasteiger partial charge in [0.15, 0.2) is 0 Å². The fourth-order valence-electron chi connectivity index (χ4n) is 2.78. The largest absolute Gasteiger partial charge is 0.496 e. The molecule has 3 aromatic carbocycles. The molecule has 0 bridgehead atoms. The lowest BCUT2D eigenvalue weighted by Crippen LogP contribution is -2.25. The normalized spacial score (nSPS) is 10.4. The first kappa shape index (κ1) is 19.1. The molecule has 0 heterocycles. The summed E-state index contributed by atoms with van der Waals surface area (Å²) in [5.74, 6) is 1.50. The SMILES string of the molecule is COc1ccc(C(=O)NCCc2ccccc2)cc1CSc1ccccc1. The number of carbonyl (C=O) groups is 1. The second-order valence-corrected chi connectivity index (χ2v) is 7.17. The highest BCUT2D eigenvalue weighted by molar-refractivity contribution is 7.98. The van der Waals surface area contributed by atoms with Crippen LogP contribution in [0.25, 0.3) is 0 Å². The molecule has 0 aliphatic carbocycles. The average Bonchev–Trinajstić information content (AvgIpc) is 2.73. The minimum atomic E-state index is -0.0560. The van der Waals surface area contributed by atoms with E-state index in [0.717, 1.165) is 23.5 Å². The smallest absolute Gasteiger partial charge is 0.251 e. The van der Waals surface area contributed by atoms with E-state index in [-0.39, 0.29) is 5.91 Å². The minimum Gasteiger partial charge on any atom is -0.496 e. The molecule has 3 nitrogen and oxygen atoms in total. The van der Waals surface area contributed by atoms with E-state index in [1.54, 1.807) is 18.9 Å². The Morgan fingerprint density at radius 3 is 2.37 bits per heavy atom. The Morgan fingerprint density at radius 1 is 0.963 bits per heavy atom. The number of ether oxygens (including phenoxy) is 1. The van der Waals surface area contributed by atoms with Crippen LogP contribution in [0.15, 0.2) is 83.8 Å². The number of rotatable bonds is 8. The average molecular weight is 378 g/mol. The van der Waals surface area contributed by atoms with Crippen molar-refractivity contribution >= 4 is 17.7 Å². The van der Waals surface area contributed by atoms with Crippen molar-refractivity contribution in [2.75, 3.05) is 13.7 Å². The van der Waals surface area contributed by atoms with Crippen LogP contribution in [0.3, 0.4) is 0 Å². The van der Waals surface area contributed by atoms with E-state index in [0.29, 0.717) is 12.1 Å². The first-order valence-electron chi connectivity index (χ1n) is 8.93. The van der Waals surface area contributed by atoms with Gasteiger partial charge in [-0.25, -0.2) is 0 Å². The molecule has 138 valence electrons. The Morgan fingerprint density at radius 2 is 1.67 bits per heavy atom. The number of carbonyl (C=O) groups excluding carboxylic acids is 1. The fourth-order valence-corrected chi connectivity index (χ4v) is 3.67. The summed E-state index contributed by atoms with van der Waals surface area (Å²) in [7, 11) is 1.66. The molecule has 0 aliphatic rings. The molecule has 0 spiro atoms. The predicted molar refractivity (Wildman–Crippen MR) is 111 cm³/mol. The molecule has 0 radical (unpaired) electrons. The van der Waals surface area contributed by atoms with Gasteiger partial charge in [0.25, 0.3) is 5.91 Å². The molecule has 3 rings (SSSR count). The molecular formula is C23H23NO2S. The van der Waals surface area contributed by atoms with Crippen molar-refractivity contribution in [3.63, 3.8) is 0 Å². The maximum absolute atomic E-state index is 12.5. The topological polar surface area (TPSA) is 38.3 Å². The van der Waals surface area contributed by atoms with Crippen molar-refractivity contribution in [2.24, 2.45) is 0 Å². The van der Waals surface area contributed by atoms with Gasteiger partial charge in [-0.05, 0) is 42.3 Å². The highest BCUT2D eigenvalue weighted by atomic mass is 32.2. The van der Waals surface area contributed by atoms with Gasteiger partial charge < -0.3 is 10.1 Å². The predicted octanol–water partition coefficient (Wildman–Crippen LogP) is 4.96. The van der Waals surface area contributed by atoms with Gasteiger partial charge in [0.05, 0.1) is 7.11 Å². The van der Waals surface area contributed by atoms with Crippen LogP contribution in [-0.2, 0) is 12.2 Å². The zero-order valence-corrected chi connectivity index (χ0v) is 16.2. The molecule has 4 heteroatoms. The van der Waals surface area contributed by atoms with Crippen LogP contribution >= 0.6 is 11.8 Å². The van der Waals surface area contributed by atoms with Crippen LogP contribution in [0, 0.1) is 0 Å². The van der Waals surface area contributed by atoms with Gasteiger partial charge >= 0.3 is 0 Å². The Balaban J connectivity index is 1.62. The summed E-state index contributed by atoms with van der Waals surface area (Å²) in [5.41, 5.74) is 2.89. The van der Waals surface area contributed by atoms with Gasteiger partial charge in [-0.1, -0.05) is 48.5 Å². The number of thioether (sulfide) groups is 1. The van der Waals surface area contributed by atoms with Crippen LogP contribution in [0.1, 0.15) is 21.5 Å². The molecule has 0 atom stereocenters. The van der Waals surface area contributed by atoms with E-state index in [2.05, 4.69) is 29.6 Å². The molecule has 0 unspecified atom stereocenters. The third-order valence-corrected chi connectivity index (χ3v) is 5.28. The third-order valence-electron chi connectivity index (χ3n) is 4.22. The molecule has 27 heavy (non-hydrogen) atoms. The van der Waals surface area contributed by atoms with E-state index in [9.17, 15) is 4.79 Å². The van der Waals surface area contributed by atoms with E-state index >= 15 is 0 Å². The van der Waals surface area contributed by atoms with E-state index in [1.807, 2.05) is 54.6 Å². The van der Waals surface area contributed by atoms with Gasteiger partial charge in [-0.2, -0.15) is 0 Å². The monoisotopic (exact) mass is 377 g/mol. The number of hydrogen-bond acceptors (Lipinski definition) is 3. The molecule has 1 N–H and O–H groups in total. The highest BCUT2D eigenvalue weighted by Gasteiger charge is 2.10. The van der Waals surface area contributed by atoms with Gasteiger partial charge in [-0.15, -0.1) is 11.8 Å². The molecule has 0 saturated heterocycles. The molecule has 1 amide bonds. The number of amides is 1. The molecular weight excluding hydrogens is 354 g/mol. The first-order chi connectivity index (χ1) is 13.3. The van der Waals surface area contributed by atoms with Crippen molar-refractivity contribution < 1.29 is 9.53 Å². The van der Waals surface area contributed by atoms with Crippen LogP contribution in [0.5, 0.6) is 5.75 Å². The van der Waals surface area contributed by atoms with Crippen LogP contribution in [-0.4, -0.2) is 19.6 Å². The number of methoxy groups -OCH3 is 1. The van der Waals surface area contributed by atoms with Gasteiger partial charge in [0.2, 0.25) is 0 Å². The quantitative estimate of drug-likeness (QED) is 0.564.